The van der Waals surface area contributed by atoms with Crippen LogP contribution in [0.4, 0.5) is 5.82 Å². The highest BCUT2D eigenvalue weighted by molar-refractivity contribution is 5.92. The zero-order valence-electron chi connectivity index (χ0n) is 11.9. The van der Waals surface area contributed by atoms with Gasteiger partial charge in [-0.1, -0.05) is 5.16 Å². The van der Waals surface area contributed by atoms with E-state index in [2.05, 4.69) is 25.8 Å². The molecule has 7 heteroatoms. The average molecular weight is 275 g/mol. The molecule has 106 valence electrons. The first kappa shape index (κ1) is 14.0. The number of hydrogen-bond donors (Lipinski definition) is 2. The monoisotopic (exact) mass is 275 g/mol. The molecule has 1 unspecified atom stereocenters. The molecule has 0 bridgehead atoms. The second-order valence-electron chi connectivity index (χ2n) is 4.47. The number of carbonyl (C=O) groups is 1. The van der Waals surface area contributed by atoms with E-state index in [-0.39, 0.29) is 17.6 Å². The Morgan fingerprint density at radius 3 is 2.70 bits per heavy atom. The van der Waals surface area contributed by atoms with Crippen molar-refractivity contribution in [3.63, 3.8) is 0 Å². The van der Waals surface area contributed by atoms with Crippen LogP contribution in [0.5, 0.6) is 0 Å². The molecular weight excluding hydrogens is 258 g/mol. The zero-order valence-corrected chi connectivity index (χ0v) is 11.9. The average Bonchev–Trinajstić information content (AvgIpc) is 2.78. The first-order valence-corrected chi connectivity index (χ1v) is 6.26. The smallest absolute Gasteiger partial charge is 0.272 e. The summed E-state index contributed by atoms with van der Waals surface area (Å²) in [6.07, 6.45) is 2.98. The lowest BCUT2D eigenvalue weighted by molar-refractivity contribution is 0.0934. The van der Waals surface area contributed by atoms with E-state index in [0.29, 0.717) is 11.6 Å². The third-order valence-corrected chi connectivity index (χ3v) is 2.99. The van der Waals surface area contributed by atoms with Gasteiger partial charge in [-0.25, -0.2) is 4.98 Å². The Kier molecular flexibility index (Phi) is 3.97. The maximum absolute atomic E-state index is 12.1. The van der Waals surface area contributed by atoms with Gasteiger partial charge in [0.2, 0.25) is 0 Å². The molecule has 0 aliphatic heterocycles. The van der Waals surface area contributed by atoms with Gasteiger partial charge in [0.15, 0.2) is 0 Å². The van der Waals surface area contributed by atoms with Gasteiger partial charge in [0, 0.05) is 12.6 Å². The van der Waals surface area contributed by atoms with Crippen molar-refractivity contribution in [1.82, 2.24) is 20.4 Å². The molecule has 20 heavy (non-hydrogen) atoms. The Morgan fingerprint density at radius 1 is 1.35 bits per heavy atom. The molecule has 2 aromatic heterocycles. The van der Waals surface area contributed by atoms with E-state index in [1.165, 1.54) is 6.20 Å². The fourth-order valence-electron chi connectivity index (χ4n) is 2.05. The van der Waals surface area contributed by atoms with Crippen molar-refractivity contribution in [3.8, 4) is 0 Å². The molecular formula is C13H17N5O2. The molecule has 1 amide bonds. The summed E-state index contributed by atoms with van der Waals surface area (Å²) in [6, 6.07) is -0.214. The Bertz CT molecular complexity index is 603. The molecule has 0 saturated heterocycles. The van der Waals surface area contributed by atoms with Crippen LogP contribution in [0.2, 0.25) is 0 Å². The van der Waals surface area contributed by atoms with Crippen molar-refractivity contribution in [2.24, 2.45) is 0 Å². The molecule has 7 nitrogen and oxygen atoms in total. The lowest BCUT2D eigenvalue weighted by Gasteiger charge is -2.13. The molecule has 0 saturated carbocycles. The molecule has 0 radical (unpaired) electrons. The maximum atomic E-state index is 12.1. The first-order chi connectivity index (χ1) is 9.52. The molecule has 0 aromatic carbocycles. The second kappa shape index (κ2) is 5.68. The quantitative estimate of drug-likeness (QED) is 0.880. The van der Waals surface area contributed by atoms with E-state index in [0.717, 1.165) is 11.3 Å². The summed E-state index contributed by atoms with van der Waals surface area (Å²) in [5.41, 5.74) is 1.91. The molecule has 2 rings (SSSR count). The highest BCUT2D eigenvalue weighted by atomic mass is 16.5. The molecule has 0 aliphatic rings. The van der Waals surface area contributed by atoms with Crippen molar-refractivity contribution >= 4 is 11.7 Å². The van der Waals surface area contributed by atoms with E-state index in [1.807, 2.05) is 20.8 Å². The van der Waals surface area contributed by atoms with Gasteiger partial charge >= 0.3 is 0 Å². The minimum absolute atomic E-state index is 0.214. The number of carbonyl (C=O) groups excluding carboxylic acids is 1. The summed E-state index contributed by atoms with van der Waals surface area (Å²) in [5, 5.41) is 9.59. The number of nitrogens with one attached hydrogen (secondary N) is 2. The Morgan fingerprint density at radius 2 is 2.10 bits per heavy atom. The molecule has 2 N–H and O–H groups in total. The Balaban J connectivity index is 2.15. The van der Waals surface area contributed by atoms with Crippen LogP contribution < -0.4 is 10.6 Å². The van der Waals surface area contributed by atoms with Gasteiger partial charge < -0.3 is 15.2 Å². The van der Waals surface area contributed by atoms with E-state index in [1.54, 1.807) is 13.2 Å². The predicted octanol–water partition coefficient (Wildman–Crippen LogP) is 1.61. The second-order valence-corrected chi connectivity index (χ2v) is 4.47. The number of aryl methyl sites for hydroxylation is 2. The number of rotatable bonds is 4. The number of nitrogens with zero attached hydrogens (tertiary/aromatic N) is 3. The van der Waals surface area contributed by atoms with Crippen molar-refractivity contribution in [2.75, 3.05) is 12.4 Å². The third kappa shape index (κ3) is 2.76. The van der Waals surface area contributed by atoms with Crippen molar-refractivity contribution in [1.29, 1.82) is 0 Å². The standard InChI is InChI=1S/C13H17N5O2/c1-7(12-8(2)18-20-9(12)3)16-13(19)10-5-15-6-11(14-4)17-10/h5-7H,1-4H3,(H,14,17)(H,16,19). The van der Waals surface area contributed by atoms with Crippen LogP contribution >= 0.6 is 0 Å². The minimum Gasteiger partial charge on any atom is -0.372 e. The highest BCUT2D eigenvalue weighted by Gasteiger charge is 2.19. The lowest BCUT2D eigenvalue weighted by Crippen LogP contribution is -2.28. The topological polar surface area (TPSA) is 92.9 Å². The number of hydrogen-bond acceptors (Lipinski definition) is 6. The minimum atomic E-state index is -0.290. The van der Waals surface area contributed by atoms with Crippen LogP contribution in [0, 0.1) is 13.8 Å². The van der Waals surface area contributed by atoms with E-state index < -0.39 is 0 Å². The van der Waals surface area contributed by atoms with Crippen molar-refractivity contribution in [3.05, 3.63) is 35.1 Å². The normalized spacial score (nSPS) is 12.0. The lowest BCUT2D eigenvalue weighted by atomic mass is 10.1. The Labute approximate surface area is 116 Å². The van der Waals surface area contributed by atoms with Gasteiger partial charge in [0.1, 0.15) is 17.3 Å². The summed E-state index contributed by atoms with van der Waals surface area (Å²) in [7, 11) is 1.72. The highest BCUT2D eigenvalue weighted by Crippen LogP contribution is 2.21. The molecule has 1 atom stereocenters. The predicted molar refractivity (Wildman–Crippen MR) is 73.4 cm³/mol. The molecule has 0 aliphatic carbocycles. The van der Waals surface area contributed by atoms with E-state index in [4.69, 9.17) is 4.52 Å². The third-order valence-electron chi connectivity index (χ3n) is 2.99. The van der Waals surface area contributed by atoms with Gasteiger partial charge in [0.05, 0.1) is 24.1 Å². The van der Waals surface area contributed by atoms with Gasteiger partial charge in [-0.05, 0) is 20.8 Å². The molecule has 0 spiro atoms. The molecule has 2 heterocycles. The number of aromatic nitrogens is 3. The van der Waals surface area contributed by atoms with Crippen LogP contribution in [0.15, 0.2) is 16.9 Å². The molecule has 2 aromatic rings. The van der Waals surface area contributed by atoms with Gasteiger partial charge in [-0.2, -0.15) is 0 Å². The van der Waals surface area contributed by atoms with Crippen LogP contribution in [0.25, 0.3) is 0 Å². The van der Waals surface area contributed by atoms with Crippen molar-refractivity contribution < 1.29 is 9.32 Å². The summed E-state index contributed by atoms with van der Waals surface area (Å²) >= 11 is 0. The Hall–Kier alpha value is -2.44. The van der Waals surface area contributed by atoms with Crippen LogP contribution in [-0.2, 0) is 0 Å². The van der Waals surface area contributed by atoms with E-state index in [9.17, 15) is 4.79 Å². The fourth-order valence-corrected chi connectivity index (χ4v) is 2.05. The molecule has 0 fully saturated rings. The van der Waals surface area contributed by atoms with Gasteiger partial charge in [-0.3, -0.25) is 9.78 Å². The SMILES string of the molecule is CNc1cncc(C(=O)NC(C)c2c(C)noc2C)n1. The summed E-state index contributed by atoms with van der Waals surface area (Å²) in [5.74, 6) is 0.954. The van der Waals surface area contributed by atoms with Gasteiger partial charge in [0.25, 0.3) is 5.91 Å². The number of anilines is 1. The largest absolute Gasteiger partial charge is 0.372 e. The number of amides is 1. The summed E-state index contributed by atoms with van der Waals surface area (Å²) in [6.45, 7) is 5.54. The van der Waals surface area contributed by atoms with Crippen LogP contribution in [0.1, 0.15) is 40.5 Å². The fraction of sp³-hybridized carbons (Fsp3) is 0.385. The summed E-state index contributed by atoms with van der Waals surface area (Å²) < 4.78 is 5.10. The maximum Gasteiger partial charge on any atom is 0.272 e. The van der Waals surface area contributed by atoms with E-state index >= 15 is 0 Å². The zero-order chi connectivity index (χ0) is 14.7. The first-order valence-electron chi connectivity index (χ1n) is 6.26. The van der Waals surface area contributed by atoms with Crippen LogP contribution in [-0.4, -0.2) is 28.1 Å². The van der Waals surface area contributed by atoms with Crippen LogP contribution in [0.3, 0.4) is 0 Å². The van der Waals surface area contributed by atoms with Gasteiger partial charge in [-0.15, -0.1) is 0 Å². The summed E-state index contributed by atoms with van der Waals surface area (Å²) in [4.78, 5) is 20.3. The van der Waals surface area contributed by atoms with Crippen molar-refractivity contribution in [2.45, 2.75) is 26.8 Å².